The van der Waals surface area contributed by atoms with Crippen molar-refractivity contribution in [3.8, 4) is 11.4 Å². The fraction of sp³-hybridized carbons (Fsp3) is 0.130. The van der Waals surface area contributed by atoms with Crippen molar-refractivity contribution in [3.05, 3.63) is 90.0 Å². The van der Waals surface area contributed by atoms with Crippen LogP contribution in [0.15, 0.2) is 78.9 Å². The molecule has 1 aromatic heterocycles. The lowest BCUT2D eigenvalue weighted by atomic mass is 10.1. The van der Waals surface area contributed by atoms with Crippen molar-refractivity contribution in [2.24, 2.45) is 0 Å². The Bertz CT molecular complexity index is 1160. The normalized spacial score (nSPS) is 12.7. The van der Waals surface area contributed by atoms with E-state index in [4.69, 9.17) is 0 Å². The van der Waals surface area contributed by atoms with Crippen LogP contribution in [-0.2, 0) is 6.18 Å². The summed E-state index contributed by atoms with van der Waals surface area (Å²) in [5, 5.41) is 13.8. The van der Waals surface area contributed by atoms with Crippen molar-refractivity contribution in [2.45, 2.75) is 12.2 Å². The lowest BCUT2D eigenvalue weighted by molar-refractivity contribution is -0.137. The first-order valence-electron chi connectivity index (χ1n) is 9.32. The third-order valence-electron chi connectivity index (χ3n) is 4.75. The molecule has 0 aliphatic heterocycles. The van der Waals surface area contributed by atoms with Crippen molar-refractivity contribution in [2.75, 3.05) is 11.9 Å². The van der Waals surface area contributed by atoms with Gasteiger partial charge in [0.15, 0.2) is 5.82 Å². The van der Waals surface area contributed by atoms with Gasteiger partial charge < -0.3 is 10.4 Å². The maximum absolute atomic E-state index is 13.1. The average molecular weight is 409 g/mol. The van der Waals surface area contributed by atoms with Gasteiger partial charge in [0.1, 0.15) is 5.82 Å². The maximum atomic E-state index is 13.1. The summed E-state index contributed by atoms with van der Waals surface area (Å²) in [6.07, 6.45) is -4.46. The van der Waals surface area contributed by atoms with Crippen molar-refractivity contribution in [3.63, 3.8) is 0 Å². The van der Waals surface area contributed by atoms with Crippen LogP contribution in [0.1, 0.15) is 17.2 Å². The molecule has 4 aromatic rings. The first-order chi connectivity index (χ1) is 14.5. The standard InChI is InChI=1S/C23H18F3N3O/c24-23(25,26)17-10-6-9-16(13-17)21-27-19-12-5-4-11-18(19)22(29-21)28-20(14-30)15-7-2-1-3-8-15/h1-13,20,30H,14H2,(H,27,28,29). The number of halogens is 3. The number of anilines is 1. The van der Waals surface area contributed by atoms with Crippen LogP contribution < -0.4 is 5.32 Å². The first-order valence-corrected chi connectivity index (χ1v) is 9.32. The Morgan fingerprint density at radius 1 is 0.867 bits per heavy atom. The van der Waals surface area contributed by atoms with Gasteiger partial charge >= 0.3 is 6.18 Å². The highest BCUT2D eigenvalue weighted by atomic mass is 19.4. The van der Waals surface area contributed by atoms with E-state index in [0.29, 0.717) is 16.7 Å². The molecule has 7 heteroatoms. The molecular formula is C23H18F3N3O. The van der Waals surface area contributed by atoms with Gasteiger partial charge in [-0.05, 0) is 29.8 Å². The Morgan fingerprint density at radius 3 is 2.33 bits per heavy atom. The number of aliphatic hydroxyl groups is 1. The van der Waals surface area contributed by atoms with Gasteiger partial charge in [0.25, 0.3) is 0 Å². The number of benzene rings is 3. The molecule has 0 bridgehead atoms. The number of hydrogen-bond donors (Lipinski definition) is 2. The number of aromatic nitrogens is 2. The fourth-order valence-electron chi connectivity index (χ4n) is 3.24. The van der Waals surface area contributed by atoms with Crippen molar-refractivity contribution < 1.29 is 18.3 Å². The van der Waals surface area contributed by atoms with Gasteiger partial charge in [0, 0.05) is 10.9 Å². The van der Waals surface area contributed by atoms with Gasteiger partial charge in [0.05, 0.1) is 23.7 Å². The lowest BCUT2D eigenvalue weighted by Crippen LogP contribution is -2.16. The van der Waals surface area contributed by atoms with Gasteiger partial charge in [-0.15, -0.1) is 0 Å². The maximum Gasteiger partial charge on any atom is 0.416 e. The largest absolute Gasteiger partial charge is 0.416 e. The molecule has 152 valence electrons. The summed E-state index contributed by atoms with van der Waals surface area (Å²) < 4.78 is 39.4. The van der Waals surface area contributed by atoms with Crippen LogP contribution in [0, 0.1) is 0 Å². The number of alkyl halides is 3. The third kappa shape index (κ3) is 4.11. The Kier molecular flexibility index (Phi) is 5.37. The van der Waals surface area contributed by atoms with Crippen LogP contribution in [0.5, 0.6) is 0 Å². The molecule has 0 radical (unpaired) electrons. The minimum atomic E-state index is -4.46. The van der Waals surface area contributed by atoms with E-state index in [1.54, 1.807) is 18.2 Å². The van der Waals surface area contributed by atoms with Crippen LogP contribution >= 0.6 is 0 Å². The van der Waals surface area contributed by atoms with Crippen molar-refractivity contribution >= 4 is 16.7 Å². The summed E-state index contributed by atoms with van der Waals surface area (Å²) in [5.74, 6) is 0.614. The Labute approximate surface area is 171 Å². The minimum absolute atomic E-state index is 0.173. The minimum Gasteiger partial charge on any atom is -0.394 e. The van der Waals surface area contributed by atoms with E-state index in [2.05, 4.69) is 15.3 Å². The summed E-state index contributed by atoms with van der Waals surface area (Å²) >= 11 is 0. The van der Waals surface area contributed by atoms with E-state index >= 15 is 0 Å². The van der Waals surface area contributed by atoms with E-state index in [9.17, 15) is 18.3 Å². The SMILES string of the molecule is OCC(Nc1nc(-c2cccc(C(F)(F)F)c2)nc2ccccc12)c1ccccc1. The third-order valence-corrected chi connectivity index (χ3v) is 4.75. The molecule has 4 rings (SSSR count). The van der Waals surface area contributed by atoms with Gasteiger partial charge in [-0.2, -0.15) is 13.2 Å². The molecule has 1 unspecified atom stereocenters. The molecule has 0 fully saturated rings. The highest BCUT2D eigenvalue weighted by Gasteiger charge is 2.30. The van der Waals surface area contributed by atoms with Crippen molar-refractivity contribution in [1.82, 2.24) is 9.97 Å². The van der Waals surface area contributed by atoms with E-state index in [1.165, 1.54) is 6.07 Å². The predicted octanol–water partition coefficient (Wildman–Crippen LogP) is 5.46. The van der Waals surface area contributed by atoms with E-state index < -0.39 is 17.8 Å². The number of fused-ring (bicyclic) bond motifs is 1. The molecule has 0 saturated heterocycles. The van der Waals surface area contributed by atoms with Crippen LogP contribution in [0.25, 0.3) is 22.3 Å². The highest BCUT2D eigenvalue weighted by molar-refractivity contribution is 5.90. The van der Waals surface area contributed by atoms with Crippen LogP contribution in [0.4, 0.5) is 19.0 Å². The smallest absolute Gasteiger partial charge is 0.394 e. The lowest BCUT2D eigenvalue weighted by Gasteiger charge is -2.19. The fourth-order valence-corrected chi connectivity index (χ4v) is 3.24. The molecule has 0 amide bonds. The summed E-state index contributed by atoms with van der Waals surface area (Å²) in [6.45, 7) is -0.179. The van der Waals surface area contributed by atoms with Gasteiger partial charge in [0.2, 0.25) is 0 Å². The van der Waals surface area contributed by atoms with Crippen molar-refractivity contribution in [1.29, 1.82) is 0 Å². The monoisotopic (exact) mass is 409 g/mol. The number of hydrogen-bond acceptors (Lipinski definition) is 4. The Balaban J connectivity index is 1.81. The quantitative estimate of drug-likeness (QED) is 0.460. The second-order valence-electron chi connectivity index (χ2n) is 6.78. The molecular weight excluding hydrogens is 391 g/mol. The molecule has 1 atom stereocenters. The molecule has 3 aromatic carbocycles. The summed E-state index contributed by atoms with van der Waals surface area (Å²) in [5.41, 5.74) is 0.957. The number of rotatable bonds is 5. The number of nitrogens with one attached hydrogen (secondary N) is 1. The molecule has 30 heavy (non-hydrogen) atoms. The molecule has 0 saturated carbocycles. The zero-order chi connectivity index (χ0) is 21.1. The molecule has 0 aliphatic carbocycles. The zero-order valence-electron chi connectivity index (χ0n) is 15.8. The Hall–Kier alpha value is -3.45. The van der Waals surface area contributed by atoms with Gasteiger partial charge in [-0.3, -0.25) is 0 Å². The summed E-state index contributed by atoms with van der Waals surface area (Å²) in [4.78, 5) is 8.96. The van der Waals surface area contributed by atoms with Gasteiger partial charge in [-0.25, -0.2) is 9.97 Å². The zero-order valence-corrected chi connectivity index (χ0v) is 15.8. The van der Waals surface area contributed by atoms with E-state index in [0.717, 1.165) is 17.7 Å². The first kappa shape index (κ1) is 19.8. The second-order valence-corrected chi connectivity index (χ2v) is 6.78. The molecule has 2 N–H and O–H groups in total. The van der Waals surface area contributed by atoms with E-state index in [1.807, 2.05) is 42.5 Å². The summed E-state index contributed by atoms with van der Waals surface area (Å²) in [7, 11) is 0. The second kappa shape index (κ2) is 8.12. The van der Waals surface area contributed by atoms with Crippen LogP contribution in [0.3, 0.4) is 0 Å². The average Bonchev–Trinajstić information content (AvgIpc) is 2.77. The number of aliphatic hydroxyl groups excluding tert-OH is 1. The molecule has 1 heterocycles. The molecule has 4 nitrogen and oxygen atoms in total. The molecule has 0 aliphatic rings. The summed E-state index contributed by atoms with van der Waals surface area (Å²) in [6, 6.07) is 21.1. The van der Waals surface area contributed by atoms with Crippen LogP contribution in [0.2, 0.25) is 0 Å². The van der Waals surface area contributed by atoms with E-state index in [-0.39, 0.29) is 18.0 Å². The van der Waals surface area contributed by atoms with Crippen LogP contribution in [-0.4, -0.2) is 21.7 Å². The topological polar surface area (TPSA) is 58.0 Å². The number of nitrogens with zero attached hydrogens (tertiary/aromatic N) is 2. The highest BCUT2D eigenvalue weighted by Crippen LogP contribution is 2.33. The predicted molar refractivity (Wildman–Crippen MR) is 110 cm³/mol. The number of para-hydroxylation sites is 1. The van der Waals surface area contributed by atoms with Gasteiger partial charge in [-0.1, -0.05) is 54.6 Å². The molecule has 0 spiro atoms. The Morgan fingerprint density at radius 2 is 1.60 bits per heavy atom.